The molecule has 2 atom stereocenters. The van der Waals surface area contributed by atoms with Crippen molar-refractivity contribution in [2.24, 2.45) is 0 Å². The second-order valence-electron chi connectivity index (χ2n) is 8.08. The summed E-state index contributed by atoms with van der Waals surface area (Å²) in [7, 11) is 0. The second-order valence-corrected chi connectivity index (χ2v) is 9.51. The summed E-state index contributed by atoms with van der Waals surface area (Å²) in [6.07, 6.45) is 0.697. The van der Waals surface area contributed by atoms with E-state index in [0.29, 0.717) is 35.8 Å². The van der Waals surface area contributed by atoms with Crippen LogP contribution >= 0.6 is 23.4 Å². The number of benzene rings is 1. The van der Waals surface area contributed by atoms with Gasteiger partial charge in [-0.25, -0.2) is 4.79 Å². The molecular weight excluding hydrogens is 430 g/mol. The lowest BCUT2D eigenvalue weighted by atomic mass is 10.00. The van der Waals surface area contributed by atoms with Crippen molar-refractivity contribution in [1.82, 2.24) is 10.6 Å². The van der Waals surface area contributed by atoms with E-state index >= 15 is 0 Å². The normalized spacial score (nSPS) is 23.5. The molecule has 0 unspecified atom stereocenters. The third-order valence-corrected chi connectivity index (χ3v) is 5.66. The number of carbonyl (C=O) groups excluding carboxylic acids is 3. The number of nitrogens with one attached hydrogen (secondary N) is 2. The summed E-state index contributed by atoms with van der Waals surface area (Å²) < 4.78 is 5.29. The van der Waals surface area contributed by atoms with Crippen molar-refractivity contribution in [2.75, 3.05) is 18.0 Å². The maximum absolute atomic E-state index is 12.2. The van der Waals surface area contributed by atoms with E-state index < -0.39 is 35.0 Å². The number of hydrogen-bond acceptors (Lipinski definition) is 7. The Balaban J connectivity index is 1.83. The Bertz CT molecular complexity index is 899. The average Bonchev–Trinajstić information content (AvgIpc) is 2.93. The third-order valence-electron chi connectivity index (χ3n) is 4.54. The van der Waals surface area contributed by atoms with Crippen LogP contribution in [-0.2, 0) is 9.53 Å². The lowest BCUT2D eigenvalue weighted by Gasteiger charge is -2.39. The van der Waals surface area contributed by atoms with Gasteiger partial charge >= 0.3 is 6.09 Å². The van der Waals surface area contributed by atoms with Gasteiger partial charge in [0.2, 0.25) is 0 Å². The van der Waals surface area contributed by atoms with Crippen LogP contribution in [0, 0.1) is 0 Å². The second kappa shape index (κ2) is 8.87. The van der Waals surface area contributed by atoms with Crippen LogP contribution < -0.4 is 15.5 Å². The van der Waals surface area contributed by atoms with Crippen molar-refractivity contribution >= 4 is 52.4 Å². The minimum Gasteiger partial charge on any atom is -0.444 e. The van der Waals surface area contributed by atoms with Gasteiger partial charge in [0.15, 0.2) is 0 Å². The highest BCUT2D eigenvalue weighted by atomic mass is 35.5. The molecule has 0 radical (unpaired) electrons. The van der Waals surface area contributed by atoms with Gasteiger partial charge in [0.05, 0.1) is 27.8 Å². The Hall–Kier alpha value is -2.23. The molecule has 2 saturated heterocycles. The van der Waals surface area contributed by atoms with Crippen LogP contribution in [0.2, 0.25) is 5.02 Å². The SMILES string of the molecule is CC(C)(C)OC(=O)N[C@H]1CN(c2c(Cl)cccc2C=C2SC(=O)NC2=O)CC[C@@H]1O. The highest BCUT2D eigenvalue weighted by Crippen LogP contribution is 2.35. The number of thioether (sulfide) groups is 1. The molecule has 30 heavy (non-hydrogen) atoms. The van der Waals surface area contributed by atoms with Gasteiger partial charge in [0.1, 0.15) is 5.60 Å². The van der Waals surface area contributed by atoms with Gasteiger partial charge in [-0.1, -0.05) is 23.7 Å². The van der Waals surface area contributed by atoms with Gasteiger partial charge in [-0.15, -0.1) is 0 Å². The van der Waals surface area contributed by atoms with E-state index in [1.165, 1.54) is 0 Å². The molecule has 0 spiro atoms. The molecule has 2 fully saturated rings. The van der Waals surface area contributed by atoms with Gasteiger partial charge in [0.25, 0.3) is 11.1 Å². The highest BCUT2D eigenvalue weighted by molar-refractivity contribution is 8.18. The third kappa shape index (κ3) is 5.47. The van der Waals surface area contributed by atoms with E-state index in [2.05, 4.69) is 10.6 Å². The van der Waals surface area contributed by atoms with Crippen LogP contribution in [0.5, 0.6) is 0 Å². The van der Waals surface area contributed by atoms with Crippen LogP contribution in [0.1, 0.15) is 32.8 Å². The zero-order chi connectivity index (χ0) is 22.1. The first kappa shape index (κ1) is 22.5. The molecule has 0 saturated carbocycles. The lowest BCUT2D eigenvalue weighted by Crippen LogP contribution is -2.56. The smallest absolute Gasteiger partial charge is 0.408 e. The van der Waals surface area contributed by atoms with Gasteiger partial charge in [0, 0.05) is 18.7 Å². The summed E-state index contributed by atoms with van der Waals surface area (Å²) in [5, 5.41) is 15.4. The molecule has 1 aromatic rings. The number of imide groups is 1. The molecule has 0 aliphatic carbocycles. The fraction of sp³-hybridized carbons (Fsp3) is 0.450. The Morgan fingerprint density at radius 2 is 2.13 bits per heavy atom. The van der Waals surface area contributed by atoms with E-state index in [4.69, 9.17) is 16.3 Å². The minimum absolute atomic E-state index is 0.281. The topological polar surface area (TPSA) is 108 Å². The monoisotopic (exact) mass is 453 g/mol. The number of nitrogens with zero attached hydrogens (tertiary/aromatic N) is 1. The van der Waals surface area contributed by atoms with Gasteiger partial charge < -0.3 is 20.1 Å². The van der Waals surface area contributed by atoms with Crippen LogP contribution in [-0.4, -0.2) is 53.2 Å². The van der Waals surface area contributed by atoms with Crippen LogP contribution in [0.15, 0.2) is 23.1 Å². The lowest BCUT2D eigenvalue weighted by molar-refractivity contribution is -0.115. The van der Waals surface area contributed by atoms with E-state index in [-0.39, 0.29) is 4.91 Å². The highest BCUT2D eigenvalue weighted by Gasteiger charge is 2.32. The van der Waals surface area contributed by atoms with Crippen molar-refractivity contribution in [2.45, 2.75) is 44.9 Å². The van der Waals surface area contributed by atoms with Crippen LogP contribution in [0.4, 0.5) is 15.3 Å². The zero-order valence-electron chi connectivity index (χ0n) is 16.9. The summed E-state index contributed by atoms with van der Waals surface area (Å²) in [6.45, 7) is 6.11. The number of aliphatic hydroxyl groups is 1. The van der Waals surface area contributed by atoms with Crippen LogP contribution in [0.3, 0.4) is 0 Å². The fourth-order valence-electron chi connectivity index (χ4n) is 3.29. The van der Waals surface area contributed by atoms with Gasteiger partial charge in [-0.05, 0) is 51.1 Å². The molecule has 0 aromatic heterocycles. The number of hydrogen-bond donors (Lipinski definition) is 3. The molecule has 3 rings (SSSR count). The first-order valence-electron chi connectivity index (χ1n) is 9.49. The Labute approximate surface area is 184 Å². The Morgan fingerprint density at radius 1 is 1.40 bits per heavy atom. The fourth-order valence-corrected chi connectivity index (χ4v) is 4.26. The summed E-state index contributed by atoms with van der Waals surface area (Å²) in [5.74, 6) is -0.450. The minimum atomic E-state index is -0.730. The largest absolute Gasteiger partial charge is 0.444 e. The summed E-state index contributed by atoms with van der Waals surface area (Å²) >= 11 is 7.30. The number of amides is 3. The molecule has 3 amide bonds. The summed E-state index contributed by atoms with van der Waals surface area (Å²) in [6, 6.07) is 4.72. The molecule has 2 aliphatic rings. The van der Waals surface area contributed by atoms with E-state index in [1.807, 2.05) is 4.90 Å². The van der Waals surface area contributed by atoms with Crippen LogP contribution in [0.25, 0.3) is 6.08 Å². The van der Waals surface area contributed by atoms with Crippen molar-refractivity contribution < 1.29 is 24.2 Å². The average molecular weight is 454 g/mol. The van der Waals surface area contributed by atoms with E-state index in [0.717, 1.165) is 11.8 Å². The number of halogens is 1. The quantitative estimate of drug-likeness (QED) is 0.603. The molecule has 10 heteroatoms. The maximum Gasteiger partial charge on any atom is 0.408 e. The predicted octanol–water partition coefficient (Wildman–Crippen LogP) is 3.13. The Kier molecular flexibility index (Phi) is 6.64. The summed E-state index contributed by atoms with van der Waals surface area (Å²) in [4.78, 5) is 37.8. The van der Waals surface area contributed by atoms with Crippen molar-refractivity contribution in [3.63, 3.8) is 0 Å². The molecule has 162 valence electrons. The van der Waals surface area contributed by atoms with E-state index in [1.54, 1.807) is 45.0 Å². The Morgan fingerprint density at radius 3 is 2.77 bits per heavy atom. The number of alkyl carbamates (subject to hydrolysis) is 1. The number of aliphatic hydroxyl groups excluding tert-OH is 1. The standard InChI is InChI=1S/C20H24ClN3O5S/c1-20(2,3)29-18(27)22-13-10-24(8-7-14(13)25)16-11(5-4-6-12(16)21)9-15-17(26)23-19(28)30-15/h4-6,9,13-14,25H,7-8,10H2,1-3H3,(H,22,27)(H,23,26,28)/t13-,14-/m0/s1. The number of para-hydroxylation sites is 1. The molecule has 2 heterocycles. The van der Waals surface area contributed by atoms with Crippen molar-refractivity contribution in [1.29, 1.82) is 0 Å². The number of carbonyl (C=O) groups is 3. The zero-order valence-corrected chi connectivity index (χ0v) is 18.5. The number of rotatable bonds is 3. The molecule has 1 aromatic carbocycles. The molecule has 2 aliphatic heterocycles. The predicted molar refractivity (Wildman–Crippen MR) is 117 cm³/mol. The van der Waals surface area contributed by atoms with Gasteiger partial charge in [-0.2, -0.15) is 0 Å². The molecule has 0 bridgehead atoms. The van der Waals surface area contributed by atoms with Gasteiger partial charge in [-0.3, -0.25) is 14.9 Å². The molecule has 3 N–H and O–H groups in total. The first-order chi connectivity index (χ1) is 14.0. The first-order valence-corrected chi connectivity index (χ1v) is 10.7. The molecular formula is C20H24ClN3O5S. The van der Waals surface area contributed by atoms with Crippen molar-refractivity contribution in [3.05, 3.63) is 33.7 Å². The number of ether oxygens (including phenoxy) is 1. The number of piperidine rings is 1. The van der Waals surface area contributed by atoms with E-state index in [9.17, 15) is 19.5 Å². The number of anilines is 1. The summed E-state index contributed by atoms with van der Waals surface area (Å²) in [5.41, 5.74) is 0.687. The maximum atomic E-state index is 12.2. The molecule has 8 nitrogen and oxygen atoms in total. The van der Waals surface area contributed by atoms with Crippen molar-refractivity contribution in [3.8, 4) is 0 Å².